The predicted molar refractivity (Wildman–Crippen MR) is 67.2 cm³/mol. The Bertz CT molecular complexity index is 600. The van der Waals surface area contributed by atoms with E-state index in [2.05, 4.69) is 17.6 Å². The van der Waals surface area contributed by atoms with Crippen LogP contribution in [0.5, 0.6) is 0 Å². The molecule has 15 heavy (non-hydrogen) atoms. The first-order valence-electron chi connectivity index (χ1n) is 4.57. The predicted octanol–water partition coefficient (Wildman–Crippen LogP) is 1.99. The number of benzene rings is 1. The molecule has 1 heterocycles. The zero-order chi connectivity index (χ0) is 10.8. The van der Waals surface area contributed by atoms with E-state index in [0.717, 1.165) is 5.52 Å². The third kappa shape index (κ3) is 1.85. The number of nitrogens with one attached hydrogen (secondary N) is 1. The summed E-state index contributed by atoms with van der Waals surface area (Å²) in [5.74, 6) is 0.593. The summed E-state index contributed by atoms with van der Waals surface area (Å²) < 4.78 is 1.98. The summed E-state index contributed by atoms with van der Waals surface area (Å²) >= 11 is 9.21. The minimum Gasteiger partial charge on any atom is -0.332 e. The summed E-state index contributed by atoms with van der Waals surface area (Å²) in [5, 5.41) is 0.660. The van der Waals surface area contributed by atoms with Crippen molar-refractivity contribution in [3.63, 3.8) is 0 Å². The molecule has 2 aromatic rings. The summed E-state index contributed by atoms with van der Waals surface area (Å²) in [5.41, 5.74) is 0.728. The fraction of sp³-hybridized carbons (Fsp3) is 0.200. The molecular formula is C10H10N2OS2. The Morgan fingerprint density at radius 3 is 2.87 bits per heavy atom. The highest BCUT2D eigenvalue weighted by Gasteiger charge is 2.03. The van der Waals surface area contributed by atoms with Crippen LogP contribution < -0.4 is 5.56 Å². The fourth-order valence-corrected chi connectivity index (χ4v) is 1.99. The van der Waals surface area contributed by atoms with Crippen molar-refractivity contribution in [1.82, 2.24) is 9.55 Å². The minimum atomic E-state index is -0.0524. The first-order chi connectivity index (χ1) is 7.24. The lowest BCUT2D eigenvalue weighted by atomic mass is 10.2. The van der Waals surface area contributed by atoms with Crippen molar-refractivity contribution >= 4 is 35.7 Å². The SMILES string of the molecule is O=c1c2ccccc2[nH]c(=S)n1CCS. The quantitative estimate of drug-likeness (QED) is 0.620. The number of para-hydroxylation sites is 1. The van der Waals surface area contributed by atoms with Crippen molar-refractivity contribution in [2.75, 3.05) is 5.75 Å². The van der Waals surface area contributed by atoms with Crippen molar-refractivity contribution in [2.24, 2.45) is 0 Å². The average Bonchev–Trinajstić information content (AvgIpc) is 2.24. The van der Waals surface area contributed by atoms with Crippen LogP contribution in [0.2, 0.25) is 0 Å². The highest BCUT2D eigenvalue weighted by Crippen LogP contribution is 2.05. The van der Waals surface area contributed by atoms with Crippen molar-refractivity contribution in [3.8, 4) is 0 Å². The van der Waals surface area contributed by atoms with Crippen LogP contribution in [-0.2, 0) is 6.54 Å². The van der Waals surface area contributed by atoms with E-state index in [1.165, 1.54) is 4.57 Å². The van der Waals surface area contributed by atoms with Gasteiger partial charge in [0, 0.05) is 12.3 Å². The molecule has 0 unspecified atom stereocenters. The fourth-order valence-electron chi connectivity index (χ4n) is 1.50. The molecule has 0 saturated carbocycles. The van der Waals surface area contributed by atoms with Crippen LogP contribution in [0.25, 0.3) is 10.9 Å². The molecule has 0 amide bonds. The van der Waals surface area contributed by atoms with Crippen LogP contribution in [-0.4, -0.2) is 15.3 Å². The molecule has 5 heteroatoms. The Morgan fingerprint density at radius 2 is 2.13 bits per heavy atom. The standard InChI is InChI=1S/C10H10N2OS2/c13-9-7-3-1-2-4-8(7)11-10(15)12(9)5-6-14/h1-4,14H,5-6H2,(H,11,15). The number of H-pyrrole nitrogens is 1. The Labute approximate surface area is 97.2 Å². The molecule has 0 bridgehead atoms. The highest BCUT2D eigenvalue weighted by atomic mass is 32.1. The zero-order valence-electron chi connectivity index (χ0n) is 7.93. The largest absolute Gasteiger partial charge is 0.332 e. The molecular weight excluding hydrogens is 228 g/mol. The number of rotatable bonds is 2. The molecule has 0 aliphatic rings. The van der Waals surface area contributed by atoms with E-state index in [0.29, 0.717) is 22.5 Å². The lowest BCUT2D eigenvalue weighted by Gasteiger charge is -2.05. The molecule has 0 aliphatic heterocycles. The van der Waals surface area contributed by atoms with Crippen LogP contribution in [0.1, 0.15) is 0 Å². The maximum Gasteiger partial charge on any atom is 0.262 e. The first-order valence-corrected chi connectivity index (χ1v) is 5.61. The molecule has 0 spiro atoms. The number of aromatic amines is 1. The lowest BCUT2D eigenvalue weighted by Crippen LogP contribution is -2.22. The van der Waals surface area contributed by atoms with Gasteiger partial charge in [0.2, 0.25) is 0 Å². The lowest BCUT2D eigenvalue weighted by molar-refractivity contribution is 0.713. The smallest absolute Gasteiger partial charge is 0.262 e. The summed E-state index contributed by atoms with van der Waals surface area (Å²) in [4.78, 5) is 15.0. The van der Waals surface area contributed by atoms with Crippen molar-refractivity contribution < 1.29 is 0 Å². The van der Waals surface area contributed by atoms with Gasteiger partial charge in [-0.2, -0.15) is 12.6 Å². The summed E-state index contributed by atoms with van der Waals surface area (Å²) in [6.45, 7) is 0.530. The van der Waals surface area contributed by atoms with Gasteiger partial charge in [-0.3, -0.25) is 9.36 Å². The van der Waals surface area contributed by atoms with E-state index >= 15 is 0 Å². The van der Waals surface area contributed by atoms with Gasteiger partial charge in [0.1, 0.15) is 0 Å². The van der Waals surface area contributed by atoms with Crippen LogP contribution in [0.15, 0.2) is 29.1 Å². The number of hydrogen-bond donors (Lipinski definition) is 2. The van der Waals surface area contributed by atoms with E-state index in [1.54, 1.807) is 6.07 Å². The Morgan fingerprint density at radius 1 is 1.40 bits per heavy atom. The topological polar surface area (TPSA) is 37.8 Å². The van der Waals surface area contributed by atoms with Crippen molar-refractivity contribution in [2.45, 2.75) is 6.54 Å². The molecule has 0 atom stereocenters. The molecule has 1 aromatic heterocycles. The maximum atomic E-state index is 12.0. The van der Waals surface area contributed by atoms with Gasteiger partial charge in [0.15, 0.2) is 4.77 Å². The van der Waals surface area contributed by atoms with E-state index in [-0.39, 0.29) is 5.56 Å². The molecule has 1 N–H and O–H groups in total. The van der Waals surface area contributed by atoms with Gasteiger partial charge < -0.3 is 4.98 Å². The summed E-state index contributed by atoms with van der Waals surface area (Å²) in [7, 11) is 0. The van der Waals surface area contributed by atoms with Crippen LogP contribution in [0.4, 0.5) is 0 Å². The van der Waals surface area contributed by atoms with Gasteiger partial charge >= 0.3 is 0 Å². The second kappa shape index (κ2) is 4.20. The summed E-state index contributed by atoms with van der Waals surface area (Å²) in [6, 6.07) is 7.34. The second-order valence-electron chi connectivity index (χ2n) is 3.16. The van der Waals surface area contributed by atoms with Gasteiger partial charge in [-0.15, -0.1) is 0 Å². The molecule has 1 aromatic carbocycles. The van der Waals surface area contributed by atoms with Crippen LogP contribution in [0.3, 0.4) is 0 Å². The third-order valence-corrected chi connectivity index (χ3v) is 2.74. The van der Waals surface area contributed by atoms with E-state index in [4.69, 9.17) is 12.2 Å². The number of nitrogens with zero attached hydrogens (tertiary/aromatic N) is 1. The summed E-state index contributed by atoms with van der Waals surface area (Å²) in [6.07, 6.45) is 0. The molecule has 2 rings (SSSR count). The number of aromatic nitrogens is 2. The van der Waals surface area contributed by atoms with Gasteiger partial charge in [-0.25, -0.2) is 0 Å². The monoisotopic (exact) mass is 238 g/mol. The third-order valence-electron chi connectivity index (χ3n) is 2.21. The maximum absolute atomic E-state index is 12.0. The normalized spacial score (nSPS) is 10.7. The number of thiol groups is 1. The van der Waals surface area contributed by atoms with Crippen LogP contribution >= 0.6 is 24.8 Å². The molecule has 0 radical (unpaired) electrons. The van der Waals surface area contributed by atoms with Crippen LogP contribution in [0, 0.1) is 4.77 Å². The number of hydrogen-bond acceptors (Lipinski definition) is 3. The Hall–Kier alpha value is -1.07. The molecule has 0 saturated heterocycles. The second-order valence-corrected chi connectivity index (χ2v) is 3.99. The van der Waals surface area contributed by atoms with Gasteiger partial charge in [-0.05, 0) is 24.4 Å². The molecule has 0 aliphatic carbocycles. The Kier molecular flexibility index (Phi) is 2.93. The highest BCUT2D eigenvalue weighted by molar-refractivity contribution is 7.80. The minimum absolute atomic E-state index is 0.0524. The van der Waals surface area contributed by atoms with Gasteiger partial charge in [0.05, 0.1) is 10.9 Å². The first kappa shape index (κ1) is 10.4. The van der Waals surface area contributed by atoms with Gasteiger partial charge in [-0.1, -0.05) is 12.1 Å². The van der Waals surface area contributed by atoms with Crippen molar-refractivity contribution in [1.29, 1.82) is 0 Å². The Balaban J connectivity index is 2.85. The van der Waals surface area contributed by atoms with E-state index in [9.17, 15) is 4.79 Å². The van der Waals surface area contributed by atoms with E-state index in [1.807, 2.05) is 18.2 Å². The molecule has 0 fully saturated rings. The van der Waals surface area contributed by atoms with Gasteiger partial charge in [0.25, 0.3) is 5.56 Å². The zero-order valence-corrected chi connectivity index (χ0v) is 9.65. The number of fused-ring (bicyclic) bond motifs is 1. The van der Waals surface area contributed by atoms with E-state index < -0.39 is 0 Å². The molecule has 78 valence electrons. The van der Waals surface area contributed by atoms with Crippen molar-refractivity contribution in [3.05, 3.63) is 39.4 Å². The molecule has 3 nitrogen and oxygen atoms in total. The average molecular weight is 238 g/mol.